The quantitative estimate of drug-likeness (QED) is 0.497. The SMILES string of the molecule is CCCCCC[N]CCC(C)C. The third-order valence-corrected chi connectivity index (χ3v) is 2.03. The van der Waals surface area contributed by atoms with Crippen molar-refractivity contribution in [1.82, 2.24) is 5.32 Å². The molecule has 1 radical (unpaired) electrons. The summed E-state index contributed by atoms with van der Waals surface area (Å²) < 4.78 is 0. The van der Waals surface area contributed by atoms with Crippen molar-refractivity contribution in [2.75, 3.05) is 13.1 Å². The summed E-state index contributed by atoms with van der Waals surface area (Å²) in [5.41, 5.74) is 0. The summed E-state index contributed by atoms with van der Waals surface area (Å²) in [6.07, 6.45) is 6.62. The zero-order valence-corrected chi connectivity index (χ0v) is 8.97. The second kappa shape index (κ2) is 9.05. The minimum atomic E-state index is 0.810. The largest absolute Gasteiger partial charge is 0.242 e. The van der Waals surface area contributed by atoms with Crippen LogP contribution in [0.5, 0.6) is 0 Å². The molecule has 0 spiro atoms. The van der Waals surface area contributed by atoms with Gasteiger partial charge >= 0.3 is 0 Å². The van der Waals surface area contributed by atoms with Crippen molar-refractivity contribution >= 4 is 0 Å². The topological polar surface area (TPSA) is 14.1 Å². The molecule has 0 N–H and O–H groups in total. The van der Waals surface area contributed by atoms with Gasteiger partial charge in [-0.1, -0.05) is 40.0 Å². The molecule has 0 amide bonds. The smallest absolute Gasteiger partial charge is 0.0135 e. The Labute approximate surface area is 77.9 Å². The molecule has 0 saturated heterocycles. The van der Waals surface area contributed by atoms with E-state index in [2.05, 4.69) is 26.1 Å². The Morgan fingerprint density at radius 3 is 2.33 bits per heavy atom. The van der Waals surface area contributed by atoms with Crippen LogP contribution in [-0.4, -0.2) is 13.1 Å². The van der Waals surface area contributed by atoms with Gasteiger partial charge in [-0.15, -0.1) is 0 Å². The first-order valence-corrected chi connectivity index (χ1v) is 5.40. The molecule has 0 fully saturated rings. The number of rotatable bonds is 8. The van der Waals surface area contributed by atoms with E-state index >= 15 is 0 Å². The zero-order chi connectivity index (χ0) is 9.23. The Balaban J connectivity index is 2.82. The maximum atomic E-state index is 4.48. The monoisotopic (exact) mass is 170 g/mol. The van der Waals surface area contributed by atoms with E-state index < -0.39 is 0 Å². The van der Waals surface area contributed by atoms with Crippen LogP contribution in [0.2, 0.25) is 0 Å². The number of unbranched alkanes of at least 4 members (excludes halogenated alkanes) is 3. The van der Waals surface area contributed by atoms with Gasteiger partial charge in [0, 0.05) is 13.1 Å². The van der Waals surface area contributed by atoms with Crippen molar-refractivity contribution in [2.24, 2.45) is 5.92 Å². The summed E-state index contributed by atoms with van der Waals surface area (Å²) in [6.45, 7) is 8.92. The highest BCUT2D eigenvalue weighted by atomic mass is 14.8. The fourth-order valence-corrected chi connectivity index (χ4v) is 1.11. The summed E-state index contributed by atoms with van der Waals surface area (Å²) in [6, 6.07) is 0. The van der Waals surface area contributed by atoms with E-state index in [1.807, 2.05) is 0 Å². The third-order valence-electron chi connectivity index (χ3n) is 2.03. The summed E-state index contributed by atoms with van der Waals surface area (Å²) in [7, 11) is 0. The lowest BCUT2D eigenvalue weighted by Crippen LogP contribution is -2.10. The predicted molar refractivity (Wildman–Crippen MR) is 55.5 cm³/mol. The van der Waals surface area contributed by atoms with E-state index in [-0.39, 0.29) is 0 Å². The molecule has 0 heterocycles. The van der Waals surface area contributed by atoms with Crippen LogP contribution in [0.3, 0.4) is 0 Å². The molecule has 0 aliphatic heterocycles. The Morgan fingerprint density at radius 1 is 1.00 bits per heavy atom. The first-order chi connectivity index (χ1) is 5.77. The summed E-state index contributed by atoms with van der Waals surface area (Å²) >= 11 is 0. The highest BCUT2D eigenvalue weighted by molar-refractivity contribution is 4.51. The van der Waals surface area contributed by atoms with Crippen LogP contribution >= 0.6 is 0 Å². The molecule has 0 atom stereocenters. The van der Waals surface area contributed by atoms with Gasteiger partial charge in [-0.2, -0.15) is 0 Å². The second-order valence-electron chi connectivity index (χ2n) is 3.91. The van der Waals surface area contributed by atoms with Crippen LogP contribution in [0.1, 0.15) is 52.9 Å². The van der Waals surface area contributed by atoms with E-state index in [0.717, 1.165) is 19.0 Å². The third kappa shape index (κ3) is 9.96. The minimum Gasteiger partial charge on any atom is -0.242 e. The normalized spacial score (nSPS) is 11.0. The van der Waals surface area contributed by atoms with Crippen molar-refractivity contribution in [3.8, 4) is 0 Å². The van der Waals surface area contributed by atoms with Gasteiger partial charge in [0.1, 0.15) is 0 Å². The van der Waals surface area contributed by atoms with Crippen LogP contribution in [-0.2, 0) is 0 Å². The molecule has 12 heavy (non-hydrogen) atoms. The van der Waals surface area contributed by atoms with E-state index in [0.29, 0.717) is 0 Å². The lowest BCUT2D eigenvalue weighted by molar-refractivity contribution is 0.516. The van der Waals surface area contributed by atoms with Crippen molar-refractivity contribution in [3.05, 3.63) is 0 Å². The van der Waals surface area contributed by atoms with Gasteiger partial charge in [-0.25, -0.2) is 5.32 Å². The standard InChI is InChI=1S/C11H24N/c1-4-5-6-7-9-12-10-8-11(2)3/h11H,4-10H2,1-3H3. The van der Waals surface area contributed by atoms with Gasteiger partial charge in [0.2, 0.25) is 0 Å². The van der Waals surface area contributed by atoms with E-state index in [1.54, 1.807) is 0 Å². The summed E-state index contributed by atoms with van der Waals surface area (Å²) in [5, 5.41) is 4.48. The highest BCUT2D eigenvalue weighted by Gasteiger charge is 1.93. The molecule has 1 heteroatoms. The summed E-state index contributed by atoms with van der Waals surface area (Å²) in [4.78, 5) is 0. The summed E-state index contributed by atoms with van der Waals surface area (Å²) in [5.74, 6) is 0.810. The fourth-order valence-electron chi connectivity index (χ4n) is 1.11. The van der Waals surface area contributed by atoms with Crippen LogP contribution < -0.4 is 5.32 Å². The van der Waals surface area contributed by atoms with Gasteiger partial charge < -0.3 is 0 Å². The van der Waals surface area contributed by atoms with Gasteiger partial charge in [0.15, 0.2) is 0 Å². The lowest BCUT2D eigenvalue weighted by Gasteiger charge is -2.04. The number of nitrogens with zero attached hydrogens (tertiary/aromatic N) is 1. The average Bonchev–Trinajstić information content (AvgIpc) is 2.02. The Morgan fingerprint density at radius 2 is 1.75 bits per heavy atom. The van der Waals surface area contributed by atoms with Gasteiger partial charge in [-0.3, -0.25) is 0 Å². The zero-order valence-electron chi connectivity index (χ0n) is 8.97. The molecular formula is C11H24N. The molecule has 0 aromatic rings. The van der Waals surface area contributed by atoms with Crippen LogP contribution in [0, 0.1) is 5.92 Å². The molecule has 0 aliphatic rings. The Bertz CT molecular complexity index is 79.1. The average molecular weight is 170 g/mol. The molecule has 0 saturated carbocycles. The van der Waals surface area contributed by atoms with Crippen molar-refractivity contribution < 1.29 is 0 Å². The number of hydrogen-bond donors (Lipinski definition) is 0. The van der Waals surface area contributed by atoms with Crippen LogP contribution in [0.25, 0.3) is 0 Å². The molecule has 0 rings (SSSR count). The van der Waals surface area contributed by atoms with Crippen LogP contribution in [0.15, 0.2) is 0 Å². The highest BCUT2D eigenvalue weighted by Crippen LogP contribution is 1.99. The molecule has 73 valence electrons. The molecular weight excluding hydrogens is 146 g/mol. The van der Waals surface area contributed by atoms with E-state index in [4.69, 9.17) is 0 Å². The molecule has 1 nitrogen and oxygen atoms in total. The lowest BCUT2D eigenvalue weighted by atomic mass is 10.1. The fraction of sp³-hybridized carbons (Fsp3) is 1.00. The van der Waals surface area contributed by atoms with Crippen molar-refractivity contribution in [1.29, 1.82) is 0 Å². The maximum Gasteiger partial charge on any atom is 0.0135 e. The second-order valence-corrected chi connectivity index (χ2v) is 3.91. The van der Waals surface area contributed by atoms with Crippen molar-refractivity contribution in [3.63, 3.8) is 0 Å². The van der Waals surface area contributed by atoms with Crippen molar-refractivity contribution in [2.45, 2.75) is 52.9 Å². The van der Waals surface area contributed by atoms with Gasteiger partial charge in [0.25, 0.3) is 0 Å². The Kier molecular flexibility index (Phi) is 9.02. The van der Waals surface area contributed by atoms with Crippen LogP contribution in [0.4, 0.5) is 0 Å². The molecule has 0 unspecified atom stereocenters. The predicted octanol–water partition coefficient (Wildman–Crippen LogP) is 3.22. The van der Waals surface area contributed by atoms with Gasteiger partial charge in [-0.05, 0) is 18.8 Å². The molecule has 0 aromatic carbocycles. The molecule has 0 aliphatic carbocycles. The number of hydrogen-bond acceptors (Lipinski definition) is 0. The first kappa shape index (κ1) is 12.0. The first-order valence-electron chi connectivity index (χ1n) is 5.40. The minimum absolute atomic E-state index is 0.810. The Hall–Kier alpha value is -0.0400. The molecule has 0 aromatic heterocycles. The van der Waals surface area contributed by atoms with E-state index in [1.165, 1.54) is 32.1 Å². The van der Waals surface area contributed by atoms with E-state index in [9.17, 15) is 0 Å². The van der Waals surface area contributed by atoms with Gasteiger partial charge in [0.05, 0.1) is 0 Å². The molecule has 0 bridgehead atoms. The maximum absolute atomic E-state index is 4.48.